The summed E-state index contributed by atoms with van der Waals surface area (Å²) >= 11 is 6.12. The molecule has 0 unspecified atom stereocenters. The van der Waals surface area contributed by atoms with Gasteiger partial charge in [-0.05, 0) is 37.5 Å². The van der Waals surface area contributed by atoms with Gasteiger partial charge < -0.3 is 9.74 Å². The maximum Gasteiger partial charge on any atom is 0.0821 e. The Balaban J connectivity index is 2.05. The SMILES string of the molecule is Cc1ccc(N2CCC(ON)CC2)cc1Cl. The quantitative estimate of drug-likeness (QED) is 0.808. The van der Waals surface area contributed by atoms with Crippen molar-refractivity contribution in [3.05, 3.63) is 28.8 Å². The number of halogens is 1. The van der Waals surface area contributed by atoms with E-state index in [-0.39, 0.29) is 6.10 Å². The van der Waals surface area contributed by atoms with Crippen molar-refractivity contribution in [3.8, 4) is 0 Å². The lowest BCUT2D eigenvalue weighted by Gasteiger charge is -2.32. The fourth-order valence-corrected chi connectivity index (χ4v) is 2.20. The molecule has 3 nitrogen and oxygen atoms in total. The highest BCUT2D eigenvalue weighted by molar-refractivity contribution is 6.31. The zero-order chi connectivity index (χ0) is 11.5. The van der Waals surface area contributed by atoms with Gasteiger partial charge in [0.1, 0.15) is 0 Å². The van der Waals surface area contributed by atoms with Gasteiger partial charge in [-0.3, -0.25) is 0 Å². The second kappa shape index (κ2) is 5.04. The van der Waals surface area contributed by atoms with Gasteiger partial charge >= 0.3 is 0 Å². The van der Waals surface area contributed by atoms with Crippen LogP contribution in [0.15, 0.2) is 18.2 Å². The lowest BCUT2D eigenvalue weighted by atomic mass is 10.1. The lowest BCUT2D eigenvalue weighted by Crippen LogP contribution is -2.38. The Kier molecular flexibility index (Phi) is 3.69. The molecule has 1 saturated heterocycles. The van der Waals surface area contributed by atoms with E-state index >= 15 is 0 Å². The van der Waals surface area contributed by atoms with Gasteiger partial charge in [0.15, 0.2) is 0 Å². The third-order valence-corrected chi connectivity index (χ3v) is 3.56. The van der Waals surface area contributed by atoms with Crippen molar-refractivity contribution in [2.24, 2.45) is 5.90 Å². The molecule has 0 aromatic heterocycles. The average molecular weight is 241 g/mol. The van der Waals surface area contributed by atoms with Crippen molar-refractivity contribution in [3.63, 3.8) is 0 Å². The highest BCUT2D eigenvalue weighted by Crippen LogP contribution is 2.25. The van der Waals surface area contributed by atoms with E-state index in [4.69, 9.17) is 22.3 Å². The number of nitrogens with zero attached hydrogens (tertiary/aromatic N) is 1. The first kappa shape index (κ1) is 11.7. The van der Waals surface area contributed by atoms with Gasteiger partial charge in [-0.1, -0.05) is 17.7 Å². The van der Waals surface area contributed by atoms with Crippen LogP contribution in [0, 0.1) is 6.92 Å². The third-order valence-electron chi connectivity index (χ3n) is 3.15. The van der Waals surface area contributed by atoms with Crippen LogP contribution in [0.25, 0.3) is 0 Å². The maximum atomic E-state index is 6.12. The Morgan fingerprint density at radius 1 is 1.38 bits per heavy atom. The van der Waals surface area contributed by atoms with Crippen LogP contribution < -0.4 is 10.8 Å². The molecule has 0 aliphatic carbocycles. The molecule has 0 saturated carbocycles. The molecule has 88 valence electrons. The molecule has 0 atom stereocenters. The molecule has 1 aromatic carbocycles. The van der Waals surface area contributed by atoms with E-state index in [0.29, 0.717) is 0 Å². The summed E-state index contributed by atoms with van der Waals surface area (Å²) in [5.41, 5.74) is 2.30. The Morgan fingerprint density at radius 2 is 2.06 bits per heavy atom. The van der Waals surface area contributed by atoms with Gasteiger partial charge in [0.05, 0.1) is 6.10 Å². The first-order valence-corrected chi connectivity index (χ1v) is 5.95. The zero-order valence-corrected chi connectivity index (χ0v) is 10.2. The first-order valence-electron chi connectivity index (χ1n) is 5.57. The average Bonchev–Trinajstić information content (AvgIpc) is 2.33. The number of benzene rings is 1. The van der Waals surface area contributed by atoms with Crippen LogP contribution in [0.3, 0.4) is 0 Å². The summed E-state index contributed by atoms with van der Waals surface area (Å²) < 4.78 is 0. The first-order chi connectivity index (χ1) is 7.70. The molecule has 1 heterocycles. The van der Waals surface area contributed by atoms with Gasteiger partial charge in [0.2, 0.25) is 0 Å². The summed E-state index contributed by atoms with van der Waals surface area (Å²) in [5, 5.41) is 0.828. The fourth-order valence-electron chi connectivity index (χ4n) is 2.03. The molecule has 0 amide bonds. The summed E-state index contributed by atoms with van der Waals surface area (Å²) in [6, 6.07) is 6.20. The number of hydrogen-bond acceptors (Lipinski definition) is 3. The normalized spacial score (nSPS) is 17.8. The summed E-state index contributed by atoms with van der Waals surface area (Å²) in [5.74, 6) is 5.19. The van der Waals surface area contributed by atoms with Crippen LogP contribution >= 0.6 is 11.6 Å². The molecule has 0 spiro atoms. The summed E-state index contributed by atoms with van der Waals surface area (Å²) in [7, 11) is 0. The topological polar surface area (TPSA) is 38.5 Å². The molecule has 1 aromatic rings. The van der Waals surface area contributed by atoms with E-state index in [1.54, 1.807) is 0 Å². The molecule has 0 bridgehead atoms. The predicted octanol–water partition coefficient (Wildman–Crippen LogP) is 2.51. The van der Waals surface area contributed by atoms with Crippen LogP contribution in [0.2, 0.25) is 5.02 Å². The van der Waals surface area contributed by atoms with Gasteiger partial charge in [-0.15, -0.1) is 0 Å². The number of rotatable bonds is 2. The van der Waals surface area contributed by atoms with Crippen LogP contribution in [-0.2, 0) is 4.84 Å². The molecular weight excluding hydrogens is 224 g/mol. The Labute approximate surface area is 101 Å². The second-order valence-corrected chi connectivity index (χ2v) is 4.66. The molecular formula is C12H17ClN2O. The molecule has 1 fully saturated rings. The van der Waals surface area contributed by atoms with Gasteiger partial charge in [0, 0.05) is 23.8 Å². The molecule has 4 heteroatoms. The zero-order valence-electron chi connectivity index (χ0n) is 9.45. The Hall–Kier alpha value is -0.770. The molecule has 2 rings (SSSR count). The molecule has 1 aliphatic heterocycles. The van der Waals surface area contributed by atoms with Gasteiger partial charge in [0.25, 0.3) is 0 Å². The van der Waals surface area contributed by atoms with Crippen LogP contribution in [0.5, 0.6) is 0 Å². The van der Waals surface area contributed by atoms with Crippen LogP contribution in [0.4, 0.5) is 5.69 Å². The Morgan fingerprint density at radius 3 is 2.62 bits per heavy atom. The largest absolute Gasteiger partial charge is 0.371 e. The van der Waals surface area contributed by atoms with Crippen molar-refractivity contribution in [1.82, 2.24) is 0 Å². The van der Waals surface area contributed by atoms with Crippen molar-refractivity contribution >= 4 is 17.3 Å². The number of anilines is 1. The Bertz CT molecular complexity index is 362. The van der Waals surface area contributed by atoms with Crippen LogP contribution in [-0.4, -0.2) is 19.2 Å². The molecule has 16 heavy (non-hydrogen) atoms. The number of nitrogens with two attached hydrogens (primary N) is 1. The third kappa shape index (κ3) is 2.48. The van der Waals surface area contributed by atoms with Crippen molar-refractivity contribution in [1.29, 1.82) is 0 Å². The minimum atomic E-state index is 0.206. The highest BCUT2D eigenvalue weighted by atomic mass is 35.5. The maximum absolute atomic E-state index is 6.12. The number of piperidine rings is 1. The van der Waals surface area contributed by atoms with E-state index in [1.807, 2.05) is 13.0 Å². The predicted molar refractivity (Wildman–Crippen MR) is 66.7 cm³/mol. The lowest BCUT2D eigenvalue weighted by molar-refractivity contribution is 0.0368. The standard InChI is InChI=1S/C12H17ClN2O/c1-9-2-3-10(8-12(9)13)15-6-4-11(16-14)5-7-15/h2-3,8,11H,4-7,14H2,1H3. The van der Waals surface area contributed by atoms with Crippen molar-refractivity contribution < 1.29 is 4.84 Å². The second-order valence-electron chi connectivity index (χ2n) is 4.26. The smallest absolute Gasteiger partial charge is 0.0821 e. The summed E-state index contributed by atoms with van der Waals surface area (Å²) in [4.78, 5) is 7.19. The number of hydrogen-bond donors (Lipinski definition) is 1. The highest BCUT2D eigenvalue weighted by Gasteiger charge is 2.19. The fraction of sp³-hybridized carbons (Fsp3) is 0.500. The molecule has 0 radical (unpaired) electrons. The van der Waals surface area contributed by atoms with E-state index in [1.165, 1.54) is 5.69 Å². The van der Waals surface area contributed by atoms with E-state index < -0.39 is 0 Å². The van der Waals surface area contributed by atoms with E-state index in [2.05, 4.69) is 17.0 Å². The van der Waals surface area contributed by atoms with Gasteiger partial charge in [-0.25, -0.2) is 5.90 Å². The summed E-state index contributed by atoms with van der Waals surface area (Å²) in [6.07, 6.45) is 2.15. The van der Waals surface area contributed by atoms with Crippen molar-refractivity contribution in [2.45, 2.75) is 25.9 Å². The summed E-state index contributed by atoms with van der Waals surface area (Å²) in [6.45, 7) is 3.96. The monoisotopic (exact) mass is 240 g/mol. The molecule has 2 N–H and O–H groups in total. The van der Waals surface area contributed by atoms with E-state index in [9.17, 15) is 0 Å². The van der Waals surface area contributed by atoms with Crippen molar-refractivity contribution in [2.75, 3.05) is 18.0 Å². The van der Waals surface area contributed by atoms with Crippen LogP contribution in [0.1, 0.15) is 18.4 Å². The number of aryl methyl sites for hydroxylation is 1. The van der Waals surface area contributed by atoms with Gasteiger partial charge in [-0.2, -0.15) is 0 Å². The van der Waals surface area contributed by atoms with E-state index in [0.717, 1.165) is 36.5 Å². The minimum Gasteiger partial charge on any atom is -0.371 e. The molecule has 1 aliphatic rings. The minimum absolute atomic E-state index is 0.206.